The molecule has 0 saturated carbocycles. The van der Waals surface area contributed by atoms with Crippen LogP contribution in [0.5, 0.6) is 0 Å². The van der Waals surface area contributed by atoms with Crippen molar-refractivity contribution in [2.75, 3.05) is 37.0 Å². The molecule has 1 aliphatic heterocycles. The van der Waals surface area contributed by atoms with Gasteiger partial charge in [0.25, 0.3) is 0 Å². The van der Waals surface area contributed by atoms with Crippen molar-refractivity contribution in [3.8, 4) is 0 Å². The van der Waals surface area contributed by atoms with Gasteiger partial charge in [0, 0.05) is 27.2 Å². The number of nitrogens with zero attached hydrogens (tertiary/aromatic N) is 2. The van der Waals surface area contributed by atoms with Gasteiger partial charge in [-0.2, -0.15) is 0 Å². The van der Waals surface area contributed by atoms with Crippen LogP contribution in [-0.4, -0.2) is 33.2 Å². The highest BCUT2D eigenvalue weighted by Gasteiger charge is 2.25. The number of nitrogens with two attached hydrogens (primary N) is 1. The van der Waals surface area contributed by atoms with Crippen LogP contribution in [-0.2, 0) is 0 Å². The second kappa shape index (κ2) is 3.98. The predicted molar refractivity (Wildman–Crippen MR) is 70.4 cm³/mol. The Bertz CT molecular complexity index is 400. The minimum atomic E-state index is 0.416. The van der Waals surface area contributed by atoms with E-state index in [2.05, 4.69) is 49.9 Å². The zero-order chi connectivity index (χ0) is 11.9. The molecule has 1 heterocycles. The Morgan fingerprint density at radius 2 is 1.75 bits per heavy atom. The Morgan fingerprint density at radius 3 is 2.31 bits per heavy atom. The van der Waals surface area contributed by atoms with Gasteiger partial charge in [-0.3, -0.25) is 0 Å². The smallest absolute Gasteiger partial charge is 0.0607 e. The molecule has 1 unspecified atom stereocenters. The van der Waals surface area contributed by atoms with Gasteiger partial charge in [-0.25, -0.2) is 0 Å². The molecular formula is C13H21N3. The fraction of sp³-hybridized carbons (Fsp3) is 0.538. The number of anilines is 2. The van der Waals surface area contributed by atoms with Gasteiger partial charge in [0.2, 0.25) is 0 Å². The van der Waals surface area contributed by atoms with Crippen LogP contribution in [0.15, 0.2) is 12.1 Å². The Kier molecular flexibility index (Phi) is 2.80. The van der Waals surface area contributed by atoms with Gasteiger partial charge in [0.1, 0.15) is 0 Å². The second-order valence-corrected chi connectivity index (χ2v) is 4.81. The molecule has 2 rings (SSSR count). The largest absolute Gasteiger partial charge is 0.371 e. The summed E-state index contributed by atoms with van der Waals surface area (Å²) in [6.45, 7) is 6.03. The van der Waals surface area contributed by atoms with E-state index in [4.69, 9.17) is 5.73 Å². The van der Waals surface area contributed by atoms with Gasteiger partial charge < -0.3 is 15.5 Å². The predicted octanol–water partition coefficient (Wildman–Crippen LogP) is 1.52. The standard InChI is InChI=1S/C13H21N3/c1-9-5-12-13(6-10(9)2)16(4)11(7-14)8-15(12)3/h5-6,11H,7-8,14H2,1-4H3. The Labute approximate surface area is 97.8 Å². The second-order valence-electron chi connectivity index (χ2n) is 4.81. The van der Waals surface area contributed by atoms with Crippen LogP contribution in [0.4, 0.5) is 11.4 Å². The summed E-state index contributed by atoms with van der Waals surface area (Å²) >= 11 is 0. The van der Waals surface area contributed by atoms with Crippen molar-refractivity contribution in [2.45, 2.75) is 19.9 Å². The van der Waals surface area contributed by atoms with Gasteiger partial charge in [0.05, 0.1) is 17.4 Å². The monoisotopic (exact) mass is 219 g/mol. The third kappa shape index (κ3) is 1.65. The van der Waals surface area contributed by atoms with Gasteiger partial charge >= 0.3 is 0 Å². The Balaban J connectivity index is 2.50. The van der Waals surface area contributed by atoms with E-state index >= 15 is 0 Å². The van der Waals surface area contributed by atoms with E-state index < -0.39 is 0 Å². The van der Waals surface area contributed by atoms with Gasteiger partial charge in [0.15, 0.2) is 0 Å². The number of rotatable bonds is 1. The molecule has 0 saturated heterocycles. The number of benzene rings is 1. The van der Waals surface area contributed by atoms with Crippen LogP contribution < -0.4 is 15.5 Å². The highest BCUT2D eigenvalue weighted by Crippen LogP contribution is 2.35. The lowest BCUT2D eigenvalue weighted by molar-refractivity contribution is 0.609. The molecule has 0 radical (unpaired) electrons. The lowest BCUT2D eigenvalue weighted by atomic mass is 10.0. The topological polar surface area (TPSA) is 32.5 Å². The summed E-state index contributed by atoms with van der Waals surface area (Å²) < 4.78 is 0. The average Bonchev–Trinajstić information content (AvgIpc) is 2.26. The molecule has 88 valence electrons. The quantitative estimate of drug-likeness (QED) is 0.777. The first-order valence-electron chi connectivity index (χ1n) is 5.80. The first-order chi connectivity index (χ1) is 7.54. The van der Waals surface area contributed by atoms with E-state index in [0.717, 1.165) is 6.54 Å². The minimum Gasteiger partial charge on any atom is -0.371 e. The third-order valence-electron chi connectivity index (χ3n) is 3.69. The molecule has 0 amide bonds. The molecule has 3 nitrogen and oxygen atoms in total. The molecule has 0 bridgehead atoms. The molecule has 0 aliphatic carbocycles. The summed E-state index contributed by atoms with van der Waals surface area (Å²) in [5.74, 6) is 0. The summed E-state index contributed by atoms with van der Waals surface area (Å²) in [5.41, 5.74) is 11.1. The summed E-state index contributed by atoms with van der Waals surface area (Å²) in [6, 6.07) is 4.95. The summed E-state index contributed by atoms with van der Waals surface area (Å²) in [7, 11) is 4.28. The van der Waals surface area contributed by atoms with Crippen molar-refractivity contribution in [1.82, 2.24) is 0 Å². The van der Waals surface area contributed by atoms with Crippen LogP contribution >= 0.6 is 0 Å². The van der Waals surface area contributed by atoms with Gasteiger partial charge in [-0.1, -0.05) is 0 Å². The first kappa shape index (κ1) is 11.3. The molecule has 1 aromatic rings. The zero-order valence-electron chi connectivity index (χ0n) is 10.6. The minimum absolute atomic E-state index is 0.416. The van der Waals surface area contributed by atoms with Gasteiger partial charge in [-0.15, -0.1) is 0 Å². The maximum Gasteiger partial charge on any atom is 0.0607 e. The molecule has 1 aromatic carbocycles. The van der Waals surface area contributed by atoms with E-state index in [9.17, 15) is 0 Å². The third-order valence-corrected chi connectivity index (χ3v) is 3.69. The normalized spacial score (nSPS) is 19.9. The first-order valence-corrected chi connectivity index (χ1v) is 5.80. The van der Waals surface area contributed by atoms with Crippen LogP contribution in [0.1, 0.15) is 11.1 Å². The van der Waals surface area contributed by atoms with E-state index in [1.54, 1.807) is 0 Å². The van der Waals surface area contributed by atoms with Crippen LogP contribution in [0.25, 0.3) is 0 Å². The number of likely N-dealkylation sites (N-methyl/N-ethyl adjacent to an activating group) is 2. The highest BCUT2D eigenvalue weighted by molar-refractivity contribution is 5.75. The van der Waals surface area contributed by atoms with Crippen LogP contribution in [0, 0.1) is 13.8 Å². The Morgan fingerprint density at radius 1 is 1.19 bits per heavy atom. The fourth-order valence-electron chi connectivity index (χ4n) is 2.34. The molecule has 1 atom stereocenters. The molecule has 3 heteroatoms. The zero-order valence-corrected chi connectivity index (χ0v) is 10.6. The van der Waals surface area contributed by atoms with E-state index in [1.165, 1.54) is 22.5 Å². The number of hydrogen-bond acceptors (Lipinski definition) is 3. The number of fused-ring (bicyclic) bond motifs is 1. The van der Waals surface area contributed by atoms with Crippen molar-refractivity contribution < 1.29 is 0 Å². The van der Waals surface area contributed by atoms with E-state index in [-0.39, 0.29) is 0 Å². The molecule has 0 spiro atoms. The lowest BCUT2D eigenvalue weighted by Gasteiger charge is -2.41. The molecule has 2 N–H and O–H groups in total. The molecule has 16 heavy (non-hydrogen) atoms. The average molecular weight is 219 g/mol. The molecule has 0 fully saturated rings. The molecule has 1 aliphatic rings. The van der Waals surface area contributed by atoms with Crippen LogP contribution in [0.2, 0.25) is 0 Å². The van der Waals surface area contributed by atoms with Crippen molar-refractivity contribution in [1.29, 1.82) is 0 Å². The van der Waals surface area contributed by atoms with Crippen LogP contribution in [0.3, 0.4) is 0 Å². The highest BCUT2D eigenvalue weighted by atomic mass is 15.3. The summed E-state index contributed by atoms with van der Waals surface area (Å²) in [5, 5.41) is 0. The van der Waals surface area contributed by atoms with E-state index in [0.29, 0.717) is 12.6 Å². The SMILES string of the molecule is Cc1cc2c(cc1C)N(C)C(CN)CN2C. The van der Waals surface area contributed by atoms with Crippen molar-refractivity contribution in [3.05, 3.63) is 23.3 Å². The fourth-order valence-corrected chi connectivity index (χ4v) is 2.34. The maximum absolute atomic E-state index is 5.81. The maximum atomic E-state index is 5.81. The number of aryl methyl sites for hydroxylation is 2. The van der Waals surface area contributed by atoms with Crippen molar-refractivity contribution in [2.24, 2.45) is 5.73 Å². The van der Waals surface area contributed by atoms with Crippen molar-refractivity contribution in [3.63, 3.8) is 0 Å². The number of hydrogen-bond donors (Lipinski definition) is 1. The van der Waals surface area contributed by atoms with E-state index in [1.807, 2.05) is 0 Å². The Hall–Kier alpha value is -1.22. The molecular weight excluding hydrogens is 198 g/mol. The molecule has 0 aromatic heterocycles. The van der Waals surface area contributed by atoms with Crippen molar-refractivity contribution >= 4 is 11.4 Å². The lowest BCUT2D eigenvalue weighted by Crippen LogP contribution is -2.49. The van der Waals surface area contributed by atoms with Gasteiger partial charge in [-0.05, 0) is 37.1 Å². The summed E-state index contributed by atoms with van der Waals surface area (Å²) in [6.07, 6.45) is 0. The summed E-state index contributed by atoms with van der Waals surface area (Å²) in [4.78, 5) is 4.61.